The first-order chi connectivity index (χ1) is 5.54. The van der Waals surface area contributed by atoms with Crippen molar-refractivity contribution in [2.75, 3.05) is 13.1 Å². The van der Waals surface area contributed by atoms with E-state index in [4.69, 9.17) is 15.0 Å². The molecule has 1 saturated heterocycles. The van der Waals surface area contributed by atoms with Crippen LogP contribution in [0.1, 0.15) is 0 Å². The summed E-state index contributed by atoms with van der Waals surface area (Å²) in [5.74, 6) is -1.06. The predicted octanol–water partition coefficient (Wildman–Crippen LogP) is -10.2. The summed E-state index contributed by atoms with van der Waals surface area (Å²) >= 11 is 0. The number of piperazine rings is 1. The van der Waals surface area contributed by atoms with E-state index in [-0.39, 0.29) is 138 Å². The number of carbonyl (C=O) groups excluding carboxylic acids is 3. The molecular formula is C5H6Cs2N2O5. The predicted molar refractivity (Wildman–Crippen MR) is 31.4 cm³/mol. The van der Waals surface area contributed by atoms with Gasteiger partial charge in [-0.25, -0.2) is 0 Å². The van der Waals surface area contributed by atoms with Gasteiger partial charge in [0, 0.05) is 13.1 Å². The minimum atomic E-state index is -2.33. The van der Waals surface area contributed by atoms with E-state index in [1.54, 1.807) is 0 Å². The van der Waals surface area contributed by atoms with Gasteiger partial charge in [-0.15, -0.1) is 0 Å². The normalized spacial score (nSPS) is 12.9. The molecule has 1 aliphatic heterocycles. The molecule has 2 amide bonds. The maximum absolute atomic E-state index is 10.3. The van der Waals surface area contributed by atoms with E-state index in [0.717, 1.165) is 0 Å². The molecule has 2 N–H and O–H groups in total. The van der Waals surface area contributed by atoms with E-state index in [2.05, 4.69) is 10.6 Å². The quantitative estimate of drug-likeness (QED) is 0.363. The van der Waals surface area contributed by atoms with Gasteiger partial charge in [0.2, 0.25) is 0 Å². The SMILES string of the molecule is O=C([O-])[O-].O=C1NCCNC1=O.[Cs+].[Cs+]. The van der Waals surface area contributed by atoms with E-state index < -0.39 is 18.0 Å². The molecule has 0 aromatic carbocycles. The van der Waals surface area contributed by atoms with Crippen molar-refractivity contribution in [3.63, 3.8) is 0 Å². The maximum atomic E-state index is 10.3. The van der Waals surface area contributed by atoms with E-state index in [9.17, 15) is 9.59 Å². The topological polar surface area (TPSA) is 121 Å². The van der Waals surface area contributed by atoms with Crippen LogP contribution in [-0.2, 0) is 9.59 Å². The van der Waals surface area contributed by atoms with Crippen molar-refractivity contribution in [1.29, 1.82) is 0 Å². The molecule has 0 spiro atoms. The zero-order valence-electron chi connectivity index (χ0n) is 7.96. The number of rotatable bonds is 0. The standard InChI is InChI=1S/C4H6N2O2.CH2O3.2Cs/c7-3-4(8)6-2-1-5-3;2-1(3)4;;/h1-2H2,(H,5,7)(H,6,8);(H2,2,3,4);;/q;;2*+1/p-2. The first-order valence-electron chi connectivity index (χ1n) is 2.98. The van der Waals surface area contributed by atoms with Crippen molar-refractivity contribution in [2.24, 2.45) is 0 Å². The molecule has 0 aromatic rings. The molecule has 0 aromatic heterocycles. The van der Waals surface area contributed by atoms with Crippen LogP contribution in [0.15, 0.2) is 0 Å². The summed E-state index contributed by atoms with van der Waals surface area (Å²) in [7, 11) is 0. The van der Waals surface area contributed by atoms with Crippen LogP contribution < -0.4 is 159 Å². The number of carbonyl (C=O) groups is 3. The zero-order valence-corrected chi connectivity index (χ0v) is 20.5. The minimum absolute atomic E-state index is 0. The van der Waals surface area contributed by atoms with Gasteiger partial charge in [0.25, 0.3) is 0 Å². The second-order valence-electron chi connectivity index (χ2n) is 1.76. The molecule has 0 atom stereocenters. The van der Waals surface area contributed by atoms with Crippen molar-refractivity contribution in [3.8, 4) is 0 Å². The van der Waals surface area contributed by atoms with Gasteiger partial charge in [0.1, 0.15) is 0 Å². The third-order valence-electron chi connectivity index (χ3n) is 0.902. The van der Waals surface area contributed by atoms with Crippen LogP contribution in [0.2, 0.25) is 0 Å². The van der Waals surface area contributed by atoms with Gasteiger partial charge in [0.15, 0.2) is 0 Å². The molecule has 0 unspecified atom stereocenters. The summed E-state index contributed by atoms with van der Waals surface area (Å²) in [4.78, 5) is 28.9. The van der Waals surface area contributed by atoms with Crippen molar-refractivity contribution in [1.82, 2.24) is 10.6 Å². The number of nitrogens with one attached hydrogen (secondary N) is 2. The monoisotopic (exact) mass is 440 g/mol. The summed E-state index contributed by atoms with van der Waals surface area (Å²) < 4.78 is 0. The molecule has 0 radical (unpaired) electrons. The van der Waals surface area contributed by atoms with E-state index >= 15 is 0 Å². The molecule has 0 aliphatic carbocycles. The number of hydrogen-bond donors (Lipinski definition) is 2. The van der Waals surface area contributed by atoms with Crippen molar-refractivity contribution >= 4 is 18.0 Å². The van der Waals surface area contributed by atoms with Gasteiger partial charge in [-0.1, -0.05) is 0 Å². The molecule has 1 rings (SSSR count). The first-order valence-corrected chi connectivity index (χ1v) is 2.98. The van der Waals surface area contributed by atoms with Crippen LogP contribution in [-0.4, -0.2) is 31.1 Å². The Morgan fingerprint density at radius 3 is 1.36 bits per heavy atom. The molecule has 14 heavy (non-hydrogen) atoms. The summed E-state index contributed by atoms with van der Waals surface area (Å²) in [6, 6.07) is 0. The first kappa shape index (κ1) is 21.6. The number of amides is 2. The summed E-state index contributed by atoms with van der Waals surface area (Å²) in [5.41, 5.74) is 0. The Kier molecular flexibility index (Phi) is 20.6. The van der Waals surface area contributed by atoms with Gasteiger partial charge in [-0.05, 0) is 6.16 Å². The second kappa shape index (κ2) is 13.4. The van der Waals surface area contributed by atoms with Gasteiger partial charge < -0.3 is 25.6 Å². The van der Waals surface area contributed by atoms with Gasteiger partial charge in [-0.3, -0.25) is 9.59 Å². The molecule has 1 fully saturated rings. The van der Waals surface area contributed by atoms with Crippen molar-refractivity contribution in [3.05, 3.63) is 0 Å². The van der Waals surface area contributed by atoms with Crippen LogP contribution >= 0.6 is 0 Å². The van der Waals surface area contributed by atoms with Gasteiger partial charge in [0.05, 0.1) is 0 Å². The number of carboxylic acid groups (broad SMARTS) is 2. The Hall–Kier alpha value is 2.31. The molecular weight excluding hydrogens is 434 g/mol. The third-order valence-corrected chi connectivity index (χ3v) is 0.902. The average Bonchev–Trinajstić information content (AvgIpc) is 1.94. The molecule has 9 heteroatoms. The van der Waals surface area contributed by atoms with E-state index in [1.807, 2.05) is 0 Å². The Morgan fingerprint density at radius 1 is 1.00 bits per heavy atom. The smallest absolute Gasteiger partial charge is 0.652 e. The molecule has 0 bridgehead atoms. The molecule has 1 heterocycles. The van der Waals surface area contributed by atoms with E-state index in [0.29, 0.717) is 13.1 Å². The Labute approximate surface area is 198 Å². The minimum Gasteiger partial charge on any atom is -0.652 e. The summed E-state index contributed by atoms with van der Waals surface area (Å²) in [6.45, 7) is 1.09. The fourth-order valence-electron chi connectivity index (χ4n) is 0.513. The molecule has 1 aliphatic rings. The van der Waals surface area contributed by atoms with Crippen LogP contribution in [0.25, 0.3) is 0 Å². The average molecular weight is 440 g/mol. The fourth-order valence-corrected chi connectivity index (χ4v) is 0.513. The molecule has 7 nitrogen and oxygen atoms in total. The Balaban J connectivity index is -0.000000180. The van der Waals surface area contributed by atoms with Crippen LogP contribution in [0.5, 0.6) is 0 Å². The zero-order chi connectivity index (χ0) is 9.56. The van der Waals surface area contributed by atoms with Gasteiger partial charge >= 0.3 is 150 Å². The van der Waals surface area contributed by atoms with E-state index in [1.165, 1.54) is 0 Å². The summed E-state index contributed by atoms with van der Waals surface area (Å²) in [6.07, 6.45) is -2.33. The fraction of sp³-hybridized carbons (Fsp3) is 0.400. The summed E-state index contributed by atoms with van der Waals surface area (Å²) in [5, 5.41) is 21.4. The largest absolute Gasteiger partial charge is 1.00 e. The Morgan fingerprint density at radius 2 is 1.21 bits per heavy atom. The third kappa shape index (κ3) is 14.3. The Bertz CT molecular complexity index is 190. The van der Waals surface area contributed by atoms with Gasteiger partial charge in [-0.2, -0.15) is 0 Å². The maximum Gasteiger partial charge on any atom is 1.00 e. The van der Waals surface area contributed by atoms with Crippen LogP contribution in [0.3, 0.4) is 0 Å². The molecule has 0 saturated carbocycles. The molecule has 68 valence electrons. The van der Waals surface area contributed by atoms with Crippen LogP contribution in [0.4, 0.5) is 4.79 Å². The van der Waals surface area contributed by atoms with Crippen molar-refractivity contribution in [2.45, 2.75) is 0 Å². The van der Waals surface area contributed by atoms with Crippen LogP contribution in [0, 0.1) is 0 Å². The second-order valence-corrected chi connectivity index (χ2v) is 1.76. The van der Waals surface area contributed by atoms with Crippen molar-refractivity contribution < 1.29 is 162 Å². The number of hydrogen-bond acceptors (Lipinski definition) is 5.